The highest BCUT2D eigenvalue weighted by Crippen LogP contribution is 2.47. The van der Waals surface area contributed by atoms with Crippen LogP contribution in [0.1, 0.15) is 58.3 Å². The molecule has 1 aliphatic heterocycles. The SMILES string of the molecule is CCN1CCCC1CN(C)C1(CN)CCCC(C2CC2)C1. The number of nitrogens with zero attached hydrogens (tertiary/aromatic N) is 2. The van der Waals surface area contributed by atoms with E-state index in [1.54, 1.807) is 0 Å². The first-order valence-corrected chi connectivity index (χ1v) is 9.34. The van der Waals surface area contributed by atoms with Gasteiger partial charge in [0.1, 0.15) is 0 Å². The quantitative estimate of drug-likeness (QED) is 0.817. The monoisotopic (exact) mass is 293 g/mol. The van der Waals surface area contributed by atoms with Crippen LogP contribution < -0.4 is 5.73 Å². The summed E-state index contributed by atoms with van der Waals surface area (Å²) < 4.78 is 0. The van der Waals surface area contributed by atoms with Crippen molar-refractivity contribution in [1.29, 1.82) is 0 Å². The molecule has 1 saturated heterocycles. The lowest BCUT2D eigenvalue weighted by Gasteiger charge is -2.48. The number of likely N-dealkylation sites (N-methyl/N-ethyl adjacent to an activating group) is 2. The fraction of sp³-hybridized carbons (Fsp3) is 1.00. The third-order valence-corrected chi connectivity index (χ3v) is 6.73. The molecule has 2 saturated carbocycles. The molecule has 3 rings (SSSR count). The second-order valence-electron chi connectivity index (χ2n) is 7.93. The molecule has 0 aromatic rings. The lowest BCUT2D eigenvalue weighted by atomic mass is 9.73. The zero-order valence-corrected chi connectivity index (χ0v) is 14.2. The molecule has 3 unspecified atom stereocenters. The van der Waals surface area contributed by atoms with E-state index >= 15 is 0 Å². The summed E-state index contributed by atoms with van der Waals surface area (Å²) in [5.74, 6) is 2.01. The fourth-order valence-corrected chi connectivity index (χ4v) is 5.07. The first kappa shape index (κ1) is 15.8. The van der Waals surface area contributed by atoms with Gasteiger partial charge in [0.2, 0.25) is 0 Å². The Morgan fingerprint density at radius 3 is 2.62 bits per heavy atom. The molecule has 1 heterocycles. The molecule has 0 aromatic heterocycles. The van der Waals surface area contributed by atoms with Gasteiger partial charge >= 0.3 is 0 Å². The van der Waals surface area contributed by atoms with Crippen molar-refractivity contribution in [3.8, 4) is 0 Å². The third kappa shape index (κ3) is 3.30. The van der Waals surface area contributed by atoms with Gasteiger partial charge in [-0.05, 0) is 70.5 Å². The van der Waals surface area contributed by atoms with Crippen molar-refractivity contribution in [3.63, 3.8) is 0 Å². The van der Waals surface area contributed by atoms with E-state index < -0.39 is 0 Å². The van der Waals surface area contributed by atoms with Crippen molar-refractivity contribution < 1.29 is 0 Å². The topological polar surface area (TPSA) is 32.5 Å². The third-order valence-electron chi connectivity index (χ3n) is 6.73. The van der Waals surface area contributed by atoms with E-state index in [2.05, 4.69) is 23.8 Å². The first-order valence-electron chi connectivity index (χ1n) is 9.34. The van der Waals surface area contributed by atoms with Gasteiger partial charge in [-0.25, -0.2) is 0 Å². The number of hydrogen-bond acceptors (Lipinski definition) is 3. The molecule has 3 heteroatoms. The summed E-state index contributed by atoms with van der Waals surface area (Å²) in [6.07, 6.45) is 11.3. The van der Waals surface area contributed by atoms with Crippen LogP contribution >= 0.6 is 0 Å². The van der Waals surface area contributed by atoms with Crippen LogP contribution in [0.2, 0.25) is 0 Å². The van der Waals surface area contributed by atoms with Gasteiger partial charge in [0, 0.05) is 24.7 Å². The average molecular weight is 293 g/mol. The highest BCUT2D eigenvalue weighted by molar-refractivity contribution is 5.00. The van der Waals surface area contributed by atoms with E-state index in [9.17, 15) is 0 Å². The molecule has 0 spiro atoms. The van der Waals surface area contributed by atoms with Crippen LogP contribution in [0, 0.1) is 11.8 Å². The van der Waals surface area contributed by atoms with Crippen LogP contribution in [0.4, 0.5) is 0 Å². The maximum Gasteiger partial charge on any atom is 0.0332 e. The minimum absolute atomic E-state index is 0.299. The molecule has 3 atom stereocenters. The van der Waals surface area contributed by atoms with Crippen molar-refractivity contribution in [1.82, 2.24) is 9.80 Å². The predicted octanol–water partition coefficient (Wildman–Crippen LogP) is 2.70. The lowest BCUT2D eigenvalue weighted by Crippen LogP contribution is -2.57. The largest absolute Gasteiger partial charge is 0.329 e. The van der Waals surface area contributed by atoms with Crippen molar-refractivity contribution in [3.05, 3.63) is 0 Å². The molecule has 21 heavy (non-hydrogen) atoms. The van der Waals surface area contributed by atoms with E-state index in [-0.39, 0.29) is 0 Å². The minimum Gasteiger partial charge on any atom is -0.329 e. The van der Waals surface area contributed by atoms with Gasteiger partial charge in [-0.2, -0.15) is 0 Å². The minimum atomic E-state index is 0.299. The predicted molar refractivity (Wildman–Crippen MR) is 89.4 cm³/mol. The van der Waals surface area contributed by atoms with Gasteiger partial charge in [-0.15, -0.1) is 0 Å². The van der Waals surface area contributed by atoms with Crippen molar-refractivity contribution in [2.75, 3.05) is 33.2 Å². The summed E-state index contributed by atoms with van der Waals surface area (Å²) in [6, 6.07) is 0.768. The molecule has 122 valence electrons. The summed E-state index contributed by atoms with van der Waals surface area (Å²) in [6.45, 7) is 6.89. The van der Waals surface area contributed by atoms with Crippen LogP contribution in [-0.2, 0) is 0 Å². The molecule has 0 amide bonds. The molecule has 3 fully saturated rings. The summed E-state index contributed by atoms with van der Waals surface area (Å²) in [5.41, 5.74) is 6.61. The normalized spacial score (nSPS) is 38.3. The molecule has 0 radical (unpaired) electrons. The summed E-state index contributed by atoms with van der Waals surface area (Å²) in [7, 11) is 2.36. The van der Waals surface area contributed by atoms with E-state index in [1.807, 2.05) is 0 Å². The van der Waals surface area contributed by atoms with Gasteiger partial charge in [0.25, 0.3) is 0 Å². The molecule has 2 aliphatic carbocycles. The van der Waals surface area contributed by atoms with Gasteiger partial charge in [-0.3, -0.25) is 9.80 Å². The van der Waals surface area contributed by atoms with Gasteiger partial charge in [0.05, 0.1) is 0 Å². The molecular formula is C18H35N3. The molecule has 2 N–H and O–H groups in total. The van der Waals surface area contributed by atoms with Gasteiger partial charge in [-0.1, -0.05) is 19.8 Å². The molecule has 0 bridgehead atoms. The first-order chi connectivity index (χ1) is 10.2. The van der Waals surface area contributed by atoms with Crippen LogP contribution in [0.15, 0.2) is 0 Å². The van der Waals surface area contributed by atoms with Crippen LogP contribution in [0.5, 0.6) is 0 Å². The Bertz CT molecular complexity index is 341. The van der Waals surface area contributed by atoms with Crippen molar-refractivity contribution >= 4 is 0 Å². The fourth-order valence-electron chi connectivity index (χ4n) is 5.07. The number of hydrogen-bond donors (Lipinski definition) is 1. The Labute approximate surface area is 131 Å². The Morgan fingerprint density at radius 2 is 1.95 bits per heavy atom. The molecule has 3 aliphatic rings. The molecular weight excluding hydrogens is 258 g/mol. The zero-order chi connectivity index (χ0) is 14.9. The Kier molecular flexibility index (Phi) is 4.92. The van der Waals surface area contributed by atoms with E-state index in [4.69, 9.17) is 5.73 Å². The average Bonchev–Trinajstić information content (AvgIpc) is 3.28. The van der Waals surface area contributed by atoms with E-state index in [1.165, 1.54) is 71.0 Å². The number of likely N-dealkylation sites (tertiary alicyclic amines) is 1. The lowest BCUT2D eigenvalue weighted by molar-refractivity contribution is 0.0344. The van der Waals surface area contributed by atoms with Crippen molar-refractivity contribution in [2.45, 2.75) is 69.9 Å². The maximum absolute atomic E-state index is 6.31. The number of rotatable bonds is 6. The smallest absolute Gasteiger partial charge is 0.0332 e. The molecule has 3 nitrogen and oxygen atoms in total. The summed E-state index contributed by atoms with van der Waals surface area (Å²) >= 11 is 0. The van der Waals surface area contributed by atoms with Crippen LogP contribution in [-0.4, -0.2) is 54.6 Å². The highest BCUT2D eigenvalue weighted by atomic mass is 15.3. The Morgan fingerprint density at radius 1 is 1.14 bits per heavy atom. The summed E-state index contributed by atoms with van der Waals surface area (Å²) in [5, 5.41) is 0. The highest BCUT2D eigenvalue weighted by Gasteiger charge is 2.44. The second kappa shape index (κ2) is 6.55. The molecule has 0 aromatic carbocycles. The standard InChI is InChI=1S/C18H35N3/c1-3-21-11-5-7-17(21)13-20(2)18(14-19)10-4-6-16(12-18)15-8-9-15/h15-17H,3-14,19H2,1-2H3. The Hall–Kier alpha value is -0.120. The number of nitrogens with two attached hydrogens (primary N) is 1. The van der Waals surface area contributed by atoms with Gasteiger partial charge in [0.15, 0.2) is 0 Å². The maximum atomic E-state index is 6.31. The summed E-state index contributed by atoms with van der Waals surface area (Å²) in [4.78, 5) is 5.34. The second-order valence-corrected chi connectivity index (χ2v) is 7.93. The van der Waals surface area contributed by atoms with Gasteiger partial charge < -0.3 is 5.73 Å². The Balaban J connectivity index is 1.63. The zero-order valence-electron chi connectivity index (χ0n) is 14.2. The van der Waals surface area contributed by atoms with Crippen LogP contribution in [0.3, 0.4) is 0 Å². The van der Waals surface area contributed by atoms with E-state index in [0.29, 0.717) is 5.54 Å². The van der Waals surface area contributed by atoms with E-state index in [0.717, 1.165) is 24.4 Å². The van der Waals surface area contributed by atoms with Crippen molar-refractivity contribution in [2.24, 2.45) is 17.6 Å². The van der Waals surface area contributed by atoms with Crippen LogP contribution in [0.25, 0.3) is 0 Å².